The zero-order valence-corrected chi connectivity index (χ0v) is 16.0. The lowest BCUT2D eigenvalue weighted by Crippen LogP contribution is -2.22. The lowest BCUT2D eigenvalue weighted by atomic mass is 10.1. The molecular formula is C20H23N5S. The third kappa shape index (κ3) is 3.61. The second-order valence-corrected chi connectivity index (χ2v) is 7.45. The number of benzene rings is 1. The Kier molecular flexibility index (Phi) is 4.70. The predicted molar refractivity (Wildman–Crippen MR) is 105 cm³/mol. The zero-order valence-electron chi connectivity index (χ0n) is 15.2. The predicted octanol–water partition coefficient (Wildman–Crippen LogP) is 4.21. The van der Waals surface area contributed by atoms with Crippen molar-refractivity contribution in [3.63, 3.8) is 0 Å². The van der Waals surface area contributed by atoms with Crippen molar-refractivity contribution in [1.29, 1.82) is 0 Å². The largest absolute Gasteiger partial charge is 0.297 e. The highest BCUT2D eigenvalue weighted by Gasteiger charge is 2.29. The van der Waals surface area contributed by atoms with E-state index >= 15 is 0 Å². The van der Waals surface area contributed by atoms with Crippen molar-refractivity contribution in [3.05, 3.63) is 64.7 Å². The summed E-state index contributed by atoms with van der Waals surface area (Å²) in [7, 11) is 2.10. The molecule has 2 heterocycles. The van der Waals surface area contributed by atoms with Gasteiger partial charge in [0.2, 0.25) is 0 Å². The third-order valence-electron chi connectivity index (χ3n) is 4.67. The van der Waals surface area contributed by atoms with Gasteiger partial charge in [0.25, 0.3) is 0 Å². The van der Waals surface area contributed by atoms with E-state index in [9.17, 15) is 0 Å². The second-order valence-electron chi connectivity index (χ2n) is 7.08. The fourth-order valence-electron chi connectivity index (χ4n) is 3.16. The summed E-state index contributed by atoms with van der Waals surface area (Å²) >= 11 is 5.75. The van der Waals surface area contributed by atoms with Crippen LogP contribution >= 0.6 is 12.2 Å². The van der Waals surface area contributed by atoms with Gasteiger partial charge in [-0.1, -0.05) is 29.8 Å². The monoisotopic (exact) mass is 365 g/mol. The van der Waals surface area contributed by atoms with Crippen LogP contribution in [-0.4, -0.2) is 31.3 Å². The first kappa shape index (κ1) is 17.1. The average Bonchev–Trinajstić information content (AvgIpc) is 3.43. The van der Waals surface area contributed by atoms with Crippen LogP contribution in [0.5, 0.6) is 0 Å². The standard InChI is InChI=1S/C20H23N5S/c1-15-3-5-16(6-4-15)13-23(2)14-24-20(26)25(18-7-8-18)19(22-24)17-9-11-21-12-10-17/h3-6,9-12,18H,7-8,13-14H2,1-2H3. The smallest absolute Gasteiger partial charge is 0.199 e. The van der Waals surface area contributed by atoms with Crippen LogP contribution < -0.4 is 0 Å². The molecular weight excluding hydrogens is 342 g/mol. The van der Waals surface area contributed by atoms with E-state index in [1.807, 2.05) is 16.8 Å². The SMILES string of the molecule is Cc1ccc(CN(C)Cn2nc(-c3ccncc3)n(C3CC3)c2=S)cc1. The summed E-state index contributed by atoms with van der Waals surface area (Å²) in [4.78, 5) is 6.35. The van der Waals surface area contributed by atoms with E-state index in [0.717, 1.165) is 22.7 Å². The van der Waals surface area contributed by atoms with Crippen LogP contribution in [0.4, 0.5) is 0 Å². The summed E-state index contributed by atoms with van der Waals surface area (Å²) in [5.41, 5.74) is 3.64. The fraction of sp³-hybridized carbons (Fsp3) is 0.350. The molecule has 1 aromatic carbocycles. The fourth-order valence-corrected chi connectivity index (χ4v) is 3.49. The summed E-state index contributed by atoms with van der Waals surface area (Å²) in [6, 6.07) is 13.1. The van der Waals surface area contributed by atoms with Gasteiger partial charge in [-0.05, 0) is 56.7 Å². The van der Waals surface area contributed by atoms with Gasteiger partial charge in [0.1, 0.15) is 0 Å². The third-order valence-corrected chi connectivity index (χ3v) is 5.08. The molecule has 4 rings (SSSR count). The van der Waals surface area contributed by atoms with Gasteiger partial charge in [-0.3, -0.25) is 14.5 Å². The van der Waals surface area contributed by atoms with E-state index in [-0.39, 0.29) is 0 Å². The molecule has 3 aromatic rings. The van der Waals surface area contributed by atoms with Crippen LogP contribution in [0, 0.1) is 11.7 Å². The van der Waals surface area contributed by atoms with Crippen LogP contribution in [0.25, 0.3) is 11.4 Å². The Hall–Kier alpha value is -2.31. The molecule has 0 unspecified atom stereocenters. The molecule has 134 valence electrons. The van der Waals surface area contributed by atoms with Gasteiger partial charge in [0.05, 0.1) is 6.67 Å². The Morgan fingerprint density at radius 3 is 2.46 bits per heavy atom. The van der Waals surface area contributed by atoms with E-state index in [2.05, 4.69) is 52.7 Å². The molecule has 2 aromatic heterocycles. The minimum Gasteiger partial charge on any atom is -0.297 e. The van der Waals surface area contributed by atoms with Gasteiger partial charge in [0, 0.05) is 30.5 Å². The van der Waals surface area contributed by atoms with Crippen LogP contribution in [0.15, 0.2) is 48.8 Å². The Balaban J connectivity index is 1.58. The molecule has 0 saturated heterocycles. The van der Waals surface area contributed by atoms with E-state index in [4.69, 9.17) is 17.3 Å². The summed E-state index contributed by atoms with van der Waals surface area (Å²) in [5.74, 6) is 0.948. The molecule has 5 nitrogen and oxygen atoms in total. The Bertz CT molecular complexity index is 939. The van der Waals surface area contributed by atoms with E-state index < -0.39 is 0 Å². The molecule has 26 heavy (non-hydrogen) atoms. The van der Waals surface area contributed by atoms with Gasteiger partial charge >= 0.3 is 0 Å². The highest BCUT2D eigenvalue weighted by Crippen LogP contribution is 2.38. The van der Waals surface area contributed by atoms with E-state index in [1.165, 1.54) is 24.0 Å². The summed E-state index contributed by atoms with van der Waals surface area (Å²) in [5, 5.41) is 4.84. The van der Waals surface area contributed by atoms with Crippen molar-refractivity contribution >= 4 is 12.2 Å². The number of nitrogens with zero attached hydrogens (tertiary/aromatic N) is 5. The number of pyridine rings is 1. The van der Waals surface area contributed by atoms with Crippen LogP contribution in [0.3, 0.4) is 0 Å². The molecule has 6 heteroatoms. The van der Waals surface area contributed by atoms with Crippen molar-refractivity contribution in [3.8, 4) is 11.4 Å². The maximum atomic E-state index is 5.75. The average molecular weight is 366 g/mol. The molecule has 0 N–H and O–H groups in total. The number of rotatable bonds is 6. The molecule has 0 bridgehead atoms. The summed E-state index contributed by atoms with van der Waals surface area (Å²) in [6.45, 7) is 3.64. The first-order valence-electron chi connectivity index (χ1n) is 8.95. The van der Waals surface area contributed by atoms with E-state index in [1.54, 1.807) is 12.4 Å². The topological polar surface area (TPSA) is 38.9 Å². The molecule has 0 radical (unpaired) electrons. The Morgan fingerprint density at radius 1 is 1.12 bits per heavy atom. The number of hydrogen-bond donors (Lipinski definition) is 0. The molecule has 0 aliphatic heterocycles. The first-order valence-corrected chi connectivity index (χ1v) is 9.36. The summed E-state index contributed by atoms with van der Waals surface area (Å²) < 4.78 is 4.96. The van der Waals surface area contributed by atoms with Gasteiger partial charge in [0.15, 0.2) is 10.6 Å². The maximum absolute atomic E-state index is 5.75. The quantitative estimate of drug-likeness (QED) is 0.614. The minimum absolute atomic E-state index is 0.488. The van der Waals surface area contributed by atoms with Crippen molar-refractivity contribution in [2.45, 2.75) is 39.0 Å². The number of aromatic nitrogens is 4. The van der Waals surface area contributed by atoms with Crippen molar-refractivity contribution in [1.82, 2.24) is 24.2 Å². The van der Waals surface area contributed by atoms with Crippen molar-refractivity contribution < 1.29 is 0 Å². The molecule has 1 fully saturated rings. The number of aryl methyl sites for hydroxylation is 1. The molecule has 1 aliphatic carbocycles. The highest BCUT2D eigenvalue weighted by atomic mass is 32.1. The second kappa shape index (κ2) is 7.13. The van der Waals surface area contributed by atoms with Gasteiger partial charge in [-0.15, -0.1) is 0 Å². The Morgan fingerprint density at radius 2 is 1.81 bits per heavy atom. The molecule has 1 aliphatic rings. The van der Waals surface area contributed by atoms with Gasteiger partial charge < -0.3 is 0 Å². The Labute approximate surface area is 158 Å². The summed E-state index contributed by atoms with van der Waals surface area (Å²) in [6.07, 6.45) is 5.96. The number of hydrogen-bond acceptors (Lipinski definition) is 4. The van der Waals surface area contributed by atoms with Crippen LogP contribution in [0.1, 0.15) is 30.0 Å². The zero-order chi connectivity index (χ0) is 18.1. The first-order chi connectivity index (χ1) is 12.6. The normalized spacial score (nSPS) is 14.1. The molecule has 0 spiro atoms. The van der Waals surface area contributed by atoms with Crippen LogP contribution in [-0.2, 0) is 13.2 Å². The van der Waals surface area contributed by atoms with Crippen molar-refractivity contribution in [2.24, 2.45) is 0 Å². The van der Waals surface area contributed by atoms with Gasteiger partial charge in [-0.2, -0.15) is 5.10 Å². The maximum Gasteiger partial charge on any atom is 0.199 e. The van der Waals surface area contributed by atoms with E-state index in [0.29, 0.717) is 12.7 Å². The van der Waals surface area contributed by atoms with Crippen molar-refractivity contribution in [2.75, 3.05) is 7.05 Å². The lowest BCUT2D eigenvalue weighted by Gasteiger charge is -2.16. The van der Waals surface area contributed by atoms with Gasteiger partial charge in [-0.25, -0.2) is 4.68 Å². The lowest BCUT2D eigenvalue weighted by molar-refractivity contribution is 0.244. The molecule has 0 atom stereocenters. The molecule has 1 saturated carbocycles. The van der Waals surface area contributed by atoms with Crippen LogP contribution in [0.2, 0.25) is 0 Å². The minimum atomic E-state index is 0.488. The highest BCUT2D eigenvalue weighted by molar-refractivity contribution is 7.71. The molecule has 0 amide bonds.